The highest BCUT2D eigenvalue weighted by atomic mass is 31.2. The third kappa shape index (κ3) is 76.1. The number of carbonyl (C=O) groups is 4. The number of rotatable bonds is 80. The highest BCUT2D eigenvalue weighted by molar-refractivity contribution is 7.47. The van der Waals surface area contributed by atoms with Gasteiger partial charge in [-0.15, -0.1) is 0 Å². The molecule has 0 aromatic rings. The summed E-state index contributed by atoms with van der Waals surface area (Å²) in [7, 11) is -9.92. The lowest BCUT2D eigenvalue weighted by Gasteiger charge is -2.21. The molecule has 0 saturated heterocycles. The van der Waals surface area contributed by atoms with Crippen LogP contribution in [0.5, 0.6) is 0 Å². The van der Waals surface area contributed by atoms with E-state index < -0.39 is 97.5 Å². The fourth-order valence-electron chi connectivity index (χ4n) is 12.7. The standard InChI is InChI=1S/C82H160O17P2/c1-8-9-10-11-12-13-14-15-16-17-18-19-20-21-22-23-30-35-44-51-58-65-81(86)98-77(69-92-79(84)63-56-49-42-34-29-25-24-27-32-39-46-53-60-73(2)3)71-96-100(88,89)94-67-76(83)68-95-101(90,91)97-72-78(70-93-80(85)64-57-50-43-38-37-41-48-55-62-75(6)7)99-82(87)66-59-52-45-36-31-26-28-33-40-47-54-61-74(4)5/h73-78,83H,8-72H2,1-7H3,(H,88,89)(H,90,91)/t76-,77-,78-/m1/s1. The average molecular weight is 1480 g/mol. The summed E-state index contributed by atoms with van der Waals surface area (Å²) < 4.78 is 68.8. The second kappa shape index (κ2) is 72.3. The summed E-state index contributed by atoms with van der Waals surface area (Å²) >= 11 is 0. The van der Waals surface area contributed by atoms with E-state index in [-0.39, 0.29) is 25.7 Å². The Labute approximate surface area is 619 Å². The predicted octanol–water partition coefficient (Wildman–Crippen LogP) is 24.5. The molecule has 0 rings (SSSR count). The van der Waals surface area contributed by atoms with Gasteiger partial charge in [0.05, 0.1) is 26.4 Å². The number of esters is 4. The average Bonchev–Trinajstić information content (AvgIpc) is 0.918. The normalized spacial score (nSPS) is 14.0. The van der Waals surface area contributed by atoms with Gasteiger partial charge in [-0.2, -0.15) is 0 Å². The number of phosphoric acid groups is 2. The Morgan fingerprint density at radius 2 is 0.455 bits per heavy atom. The lowest BCUT2D eigenvalue weighted by Crippen LogP contribution is -2.30. The Bertz CT molecular complexity index is 1960. The number of unbranched alkanes of at least 4 members (excludes halogenated alkanes) is 48. The molecule has 0 amide bonds. The van der Waals surface area contributed by atoms with Gasteiger partial charge in [-0.05, 0) is 43.4 Å². The molecule has 0 aliphatic rings. The van der Waals surface area contributed by atoms with Crippen LogP contribution in [0.25, 0.3) is 0 Å². The summed E-state index contributed by atoms with van der Waals surface area (Å²) in [6.45, 7) is 11.9. The van der Waals surface area contributed by atoms with Crippen LogP contribution in [0.15, 0.2) is 0 Å². The molecule has 0 aromatic heterocycles. The Kier molecular flexibility index (Phi) is 70.9. The summed E-state index contributed by atoms with van der Waals surface area (Å²) in [5.74, 6) is 0.162. The molecule has 0 spiro atoms. The Hall–Kier alpha value is -1.94. The first-order valence-electron chi connectivity index (χ1n) is 42.3. The molecule has 101 heavy (non-hydrogen) atoms. The van der Waals surface area contributed by atoms with Crippen molar-refractivity contribution in [3.8, 4) is 0 Å². The number of aliphatic hydroxyl groups excluding tert-OH is 1. The van der Waals surface area contributed by atoms with Crippen molar-refractivity contribution in [1.82, 2.24) is 0 Å². The van der Waals surface area contributed by atoms with E-state index in [1.165, 1.54) is 238 Å². The van der Waals surface area contributed by atoms with Crippen LogP contribution in [-0.2, 0) is 65.4 Å². The molecule has 0 radical (unpaired) electrons. The molecule has 3 N–H and O–H groups in total. The smallest absolute Gasteiger partial charge is 0.462 e. The zero-order valence-electron chi connectivity index (χ0n) is 66.4. The van der Waals surface area contributed by atoms with Gasteiger partial charge in [-0.3, -0.25) is 37.3 Å². The maximum atomic E-state index is 13.1. The van der Waals surface area contributed by atoms with Gasteiger partial charge in [0.25, 0.3) is 0 Å². The van der Waals surface area contributed by atoms with Gasteiger partial charge in [0.2, 0.25) is 0 Å². The van der Waals surface area contributed by atoms with Crippen LogP contribution in [0, 0.1) is 17.8 Å². The molecule has 17 nitrogen and oxygen atoms in total. The Balaban J connectivity index is 5.23. The summed E-state index contributed by atoms with van der Waals surface area (Å²) in [6, 6.07) is 0. The van der Waals surface area contributed by atoms with Gasteiger partial charge in [0.15, 0.2) is 12.2 Å². The molecule has 5 atom stereocenters. The molecule has 0 fully saturated rings. The summed E-state index contributed by atoms with van der Waals surface area (Å²) in [5.41, 5.74) is 0. The minimum absolute atomic E-state index is 0.106. The topological polar surface area (TPSA) is 237 Å². The molecular weight excluding hydrogens is 1320 g/mol. The number of phosphoric ester groups is 2. The first kappa shape index (κ1) is 99.1. The van der Waals surface area contributed by atoms with Crippen LogP contribution in [0.4, 0.5) is 0 Å². The highest BCUT2D eigenvalue weighted by Gasteiger charge is 2.30. The van der Waals surface area contributed by atoms with E-state index in [2.05, 4.69) is 48.5 Å². The number of aliphatic hydroxyl groups is 1. The SMILES string of the molecule is CCCCCCCCCCCCCCCCCCCCCCCC(=O)O[C@H](COC(=O)CCCCCCCCCCCCCCC(C)C)COP(=O)(O)OC[C@@H](O)COP(=O)(O)OC[C@@H](COC(=O)CCCCCCCCCCC(C)C)OC(=O)CCCCCCCCCCCCCC(C)C. The highest BCUT2D eigenvalue weighted by Crippen LogP contribution is 2.45. The van der Waals surface area contributed by atoms with E-state index in [1.54, 1.807) is 0 Å². The van der Waals surface area contributed by atoms with Crippen LogP contribution in [0.3, 0.4) is 0 Å². The van der Waals surface area contributed by atoms with Crippen LogP contribution in [0.1, 0.15) is 427 Å². The van der Waals surface area contributed by atoms with Crippen molar-refractivity contribution in [2.75, 3.05) is 39.6 Å². The van der Waals surface area contributed by atoms with E-state index in [0.29, 0.717) is 25.7 Å². The van der Waals surface area contributed by atoms with Crippen molar-refractivity contribution >= 4 is 39.5 Å². The Morgan fingerprint density at radius 1 is 0.267 bits per heavy atom. The lowest BCUT2D eigenvalue weighted by atomic mass is 10.0. The van der Waals surface area contributed by atoms with E-state index in [9.17, 15) is 43.2 Å². The largest absolute Gasteiger partial charge is 0.472 e. The first-order valence-corrected chi connectivity index (χ1v) is 45.3. The minimum Gasteiger partial charge on any atom is -0.462 e. The zero-order chi connectivity index (χ0) is 74.4. The second-order valence-corrected chi connectivity index (χ2v) is 33.8. The molecule has 0 aliphatic heterocycles. The molecule has 0 saturated carbocycles. The monoisotopic (exact) mass is 1480 g/mol. The van der Waals surface area contributed by atoms with Crippen molar-refractivity contribution in [3.63, 3.8) is 0 Å². The zero-order valence-corrected chi connectivity index (χ0v) is 68.2. The van der Waals surface area contributed by atoms with Crippen molar-refractivity contribution in [2.24, 2.45) is 17.8 Å². The molecule has 0 bridgehead atoms. The van der Waals surface area contributed by atoms with Gasteiger partial charge in [0.1, 0.15) is 19.3 Å². The summed E-state index contributed by atoms with van der Waals surface area (Å²) in [5, 5.41) is 10.6. The van der Waals surface area contributed by atoms with Crippen molar-refractivity contribution in [1.29, 1.82) is 0 Å². The van der Waals surface area contributed by atoms with Crippen LogP contribution in [-0.4, -0.2) is 96.7 Å². The number of hydrogen-bond donors (Lipinski definition) is 3. The number of carbonyl (C=O) groups excluding carboxylic acids is 4. The van der Waals surface area contributed by atoms with Gasteiger partial charge >= 0.3 is 39.5 Å². The van der Waals surface area contributed by atoms with Gasteiger partial charge < -0.3 is 33.8 Å². The quantitative estimate of drug-likeness (QED) is 0.0222. The third-order valence-electron chi connectivity index (χ3n) is 19.1. The van der Waals surface area contributed by atoms with Crippen LogP contribution < -0.4 is 0 Å². The van der Waals surface area contributed by atoms with Gasteiger partial charge in [0, 0.05) is 25.7 Å². The molecule has 0 aliphatic carbocycles. The fourth-order valence-corrected chi connectivity index (χ4v) is 14.2. The number of hydrogen-bond acceptors (Lipinski definition) is 15. The van der Waals surface area contributed by atoms with Crippen LogP contribution >= 0.6 is 15.6 Å². The maximum absolute atomic E-state index is 13.1. The molecular formula is C82H160O17P2. The summed E-state index contributed by atoms with van der Waals surface area (Å²) in [4.78, 5) is 73.1. The fraction of sp³-hybridized carbons (Fsp3) is 0.951. The van der Waals surface area contributed by atoms with Crippen molar-refractivity contribution in [2.45, 2.75) is 446 Å². The second-order valence-electron chi connectivity index (χ2n) is 30.9. The number of ether oxygens (including phenoxy) is 4. The molecule has 19 heteroatoms. The van der Waals surface area contributed by atoms with Crippen LogP contribution in [0.2, 0.25) is 0 Å². The van der Waals surface area contributed by atoms with E-state index >= 15 is 0 Å². The molecule has 0 heterocycles. The molecule has 600 valence electrons. The Morgan fingerprint density at radius 3 is 0.673 bits per heavy atom. The predicted molar refractivity (Wildman–Crippen MR) is 414 cm³/mol. The maximum Gasteiger partial charge on any atom is 0.472 e. The van der Waals surface area contributed by atoms with E-state index in [4.69, 9.17) is 37.0 Å². The summed E-state index contributed by atoms with van der Waals surface area (Å²) in [6.07, 6.45) is 61.2. The van der Waals surface area contributed by atoms with E-state index in [0.717, 1.165) is 108 Å². The van der Waals surface area contributed by atoms with Gasteiger partial charge in [-0.25, -0.2) is 9.13 Å². The minimum atomic E-state index is -4.96. The lowest BCUT2D eigenvalue weighted by molar-refractivity contribution is -0.161. The van der Waals surface area contributed by atoms with E-state index in [1.807, 2.05) is 0 Å². The third-order valence-corrected chi connectivity index (χ3v) is 21.0. The van der Waals surface area contributed by atoms with Crippen molar-refractivity contribution in [3.05, 3.63) is 0 Å². The molecule has 0 aromatic carbocycles. The first-order chi connectivity index (χ1) is 48.7. The van der Waals surface area contributed by atoms with Crippen molar-refractivity contribution < 1.29 is 80.2 Å². The molecule has 2 unspecified atom stereocenters. The van der Waals surface area contributed by atoms with Gasteiger partial charge in [-0.1, -0.05) is 376 Å².